The SMILES string of the molecule is O[C@H]1C(C2COC3(CCCCC3)O2)O[C@@H]2OC3(CCCCC3)O[C@@H]21. The molecule has 2 spiro atoms. The Morgan fingerprint density at radius 3 is 2.04 bits per heavy atom. The first-order valence-electron chi connectivity index (χ1n) is 9.70. The maximum Gasteiger partial charge on any atom is 0.190 e. The van der Waals surface area contributed by atoms with Gasteiger partial charge < -0.3 is 28.8 Å². The van der Waals surface area contributed by atoms with Crippen LogP contribution in [0.5, 0.6) is 0 Å². The molecule has 0 aromatic heterocycles. The molecule has 0 aromatic carbocycles. The summed E-state index contributed by atoms with van der Waals surface area (Å²) in [6.07, 6.45) is 8.38. The lowest BCUT2D eigenvalue weighted by Gasteiger charge is -2.34. The molecule has 3 saturated heterocycles. The molecular formula is C18H28O6. The van der Waals surface area contributed by atoms with Crippen LogP contribution < -0.4 is 0 Å². The largest absolute Gasteiger partial charge is 0.387 e. The van der Waals surface area contributed by atoms with E-state index in [9.17, 15) is 5.11 Å². The van der Waals surface area contributed by atoms with Gasteiger partial charge in [-0.15, -0.1) is 0 Å². The van der Waals surface area contributed by atoms with Crippen LogP contribution in [0.15, 0.2) is 0 Å². The molecule has 6 nitrogen and oxygen atoms in total. The monoisotopic (exact) mass is 340 g/mol. The van der Waals surface area contributed by atoms with E-state index in [1.54, 1.807) is 0 Å². The number of hydrogen-bond donors (Lipinski definition) is 1. The highest BCUT2D eigenvalue weighted by atomic mass is 16.8. The number of aliphatic hydroxyl groups excluding tert-OH is 1. The third-order valence-electron chi connectivity index (χ3n) is 6.39. The predicted octanol–water partition coefficient (Wildman–Crippen LogP) is 2.22. The van der Waals surface area contributed by atoms with Crippen molar-refractivity contribution in [3.63, 3.8) is 0 Å². The number of ether oxygens (including phenoxy) is 5. The van der Waals surface area contributed by atoms with Crippen molar-refractivity contribution >= 4 is 0 Å². The van der Waals surface area contributed by atoms with Gasteiger partial charge in [0.15, 0.2) is 17.9 Å². The fourth-order valence-corrected chi connectivity index (χ4v) is 5.09. The lowest BCUT2D eigenvalue weighted by molar-refractivity contribution is -0.259. The zero-order chi connectivity index (χ0) is 16.2. The third kappa shape index (κ3) is 2.54. The molecular weight excluding hydrogens is 312 g/mol. The van der Waals surface area contributed by atoms with Gasteiger partial charge in [0.25, 0.3) is 0 Å². The van der Waals surface area contributed by atoms with Crippen LogP contribution in [-0.2, 0) is 23.7 Å². The standard InChI is InChI=1S/C18H28O6/c19-13-14(12-11-20-17(22-12)7-3-1-4-8-17)21-16-15(13)23-18(24-16)9-5-2-6-10-18/h12-16,19H,1-11H2/t12?,13-,14?,15+,16+/m0/s1. The highest BCUT2D eigenvalue weighted by molar-refractivity contribution is 5.00. The first kappa shape index (κ1) is 16.0. The molecule has 5 aliphatic rings. The van der Waals surface area contributed by atoms with E-state index in [4.69, 9.17) is 23.7 Å². The number of aliphatic hydroxyl groups is 1. The first-order chi connectivity index (χ1) is 11.7. The van der Waals surface area contributed by atoms with Crippen LogP contribution in [0, 0.1) is 0 Å². The van der Waals surface area contributed by atoms with E-state index in [1.165, 1.54) is 12.8 Å². The molecule has 24 heavy (non-hydrogen) atoms. The van der Waals surface area contributed by atoms with Gasteiger partial charge in [0.05, 0.1) is 6.61 Å². The number of rotatable bonds is 1. The first-order valence-corrected chi connectivity index (χ1v) is 9.70. The van der Waals surface area contributed by atoms with E-state index in [0.717, 1.165) is 51.4 Å². The third-order valence-corrected chi connectivity index (χ3v) is 6.39. The second-order valence-corrected chi connectivity index (χ2v) is 8.07. The van der Waals surface area contributed by atoms with Crippen LogP contribution >= 0.6 is 0 Å². The van der Waals surface area contributed by atoms with E-state index >= 15 is 0 Å². The average molecular weight is 340 g/mol. The van der Waals surface area contributed by atoms with Gasteiger partial charge in [0, 0.05) is 25.7 Å². The van der Waals surface area contributed by atoms with Crippen molar-refractivity contribution in [3.05, 3.63) is 0 Å². The highest BCUT2D eigenvalue weighted by Crippen LogP contribution is 2.47. The van der Waals surface area contributed by atoms with Crippen molar-refractivity contribution in [3.8, 4) is 0 Å². The molecule has 3 heterocycles. The summed E-state index contributed by atoms with van der Waals surface area (Å²) in [5.74, 6) is -0.979. The summed E-state index contributed by atoms with van der Waals surface area (Å²) in [7, 11) is 0. The number of hydrogen-bond acceptors (Lipinski definition) is 6. The van der Waals surface area contributed by atoms with Crippen LogP contribution in [0.2, 0.25) is 0 Å². The summed E-state index contributed by atoms with van der Waals surface area (Å²) in [5.41, 5.74) is 0. The molecule has 6 heteroatoms. The molecule has 0 radical (unpaired) electrons. The maximum absolute atomic E-state index is 10.8. The fraction of sp³-hybridized carbons (Fsp3) is 1.00. The Kier molecular flexibility index (Phi) is 3.92. The van der Waals surface area contributed by atoms with Crippen LogP contribution in [0.25, 0.3) is 0 Å². The normalized spacial score (nSPS) is 46.6. The van der Waals surface area contributed by atoms with Gasteiger partial charge in [0.2, 0.25) is 0 Å². The summed E-state index contributed by atoms with van der Waals surface area (Å²) in [6.45, 7) is 0.478. The quantitative estimate of drug-likeness (QED) is 0.789. The minimum Gasteiger partial charge on any atom is -0.387 e. The highest BCUT2D eigenvalue weighted by Gasteiger charge is 2.60. The number of fused-ring (bicyclic) bond motifs is 1. The van der Waals surface area contributed by atoms with E-state index < -0.39 is 36.2 Å². The van der Waals surface area contributed by atoms with Crippen molar-refractivity contribution in [2.75, 3.05) is 6.61 Å². The summed E-state index contributed by atoms with van der Waals surface area (Å²) in [5, 5.41) is 10.8. The molecule has 5 atom stereocenters. The van der Waals surface area contributed by atoms with E-state index in [1.807, 2.05) is 0 Å². The zero-order valence-corrected chi connectivity index (χ0v) is 14.2. The molecule has 136 valence electrons. The Morgan fingerprint density at radius 2 is 1.38 bits per heavy atom. The molecule has 0 bridgehead atoms. The molecule has 5 fully saturated rings. The van der Waals surface area contributed by atoms with Gasteiger partial charge >= 0.3 is 0 Å². The fourth-order valence-electron chi connectivity index (χ4n) is 5.09. The van der Waals surface area contributed by atoms with Gasteiger partial charge in [-0.05, 0) is 25.7 Å². The van der Waals surface area contributed by atoms with Crippen LogP contribution in [-0.4, -0.2) is 54.0 Å². The van der Waals surface area contributed by atoms with Crippen molar-refractivity contribution in [1.29, 1.82) is 0 Å². The molecule has 3 aliphatic heterocycles. The Balaban J connectivity index is 1.24. The lowest BCUT2D eigenvalue weighted by atomic mass is 9.94. The summed E-state index contributed by atoms with van der Waals surface area (Å²) < 4.78 is 30.5. The minimum atomic E-state index is -0.719. The average Bonchev–Trinajstić information content (AvgIpc) is 3.23. The Labute approximate surface area is 142 Å². The van der Waals surface area contributed by atoms with Crippen molar-refractivity contribution in [2.24, 2.45) is 0 Å². The lowest BCUT2D eigenvalue weighted by Crippen LogP contribution is -2.44. The molecule has 2 aliphatic carbocycles. The van der Waals surface area contributed by atoms with E-state index in [2.05, 4.69) is 0 Å². The van der Waals surface area contributed by atoms with Crippen LogP contribution in [0.4, 0.5) is 0 Å². The van der Waals surface area contributed by atoms with Crippen LogP contribution in [0.1, 0.15) is 64.2 Å². The summed E-state index contributed by atoms with van der Waals surface area (Å²) >= 11 is 0. The van der Waals surface area contributed by atoms with E-state index in [0.29, 0.717) is 6.61 Å². The Bertz CT molecular complexity index is 470. The van der Waals surface area contributed by atoms with E-state index in [-0.39, 0.29) is 6.10 Å². The molecule has 2 unspecified atom stereocenters. The van der Waals surface area contributed by atoms with Gasteiger partial charge in [-0.1, -0.05) is 12.8 Å². The Morgan fingerprint density at radius 1 is 0.708 bits per heavy atom. The van der Waals surface area contributed by atoms with Gasteiger partial charge in [-0.25, -0.2) is 0 Å². The predicted molar refractivity (Wildman–Crippen MR) is 83.1 cm³/mol. The molecule has 5 rings (SSSR count). The molecule has 0 aromatic rings. The van der Waals surface area contributed by atoms with Gasteiger partial charge in [0.1, 0.15) is 24.4 Å². The smallest absolute Gasteiger partial charge is 0.190 e. The topological polar surface area (TPSA) is 66.4 Å². The molecule has 1 N–H and O–H groups in total. The van der Waals surface area contributed by atoms with Crippen LogP contribution in [0.3, 0.4) is 0 Å². The van der Waals surface area contributed by atoms with Crippen molar-refractivity contribution < 1.29 is 28.8 Å². The second kappa shape index (κ2) is 5.89. The molecule has 2 saturated carbocycles. The van der Waals surface area contributed by atoms with Crippen molar-refractivity contribution in [2.45, 2.75) is 106 Å². The maximum atomic E-state index is 10.8. The van der Waals surface area contributed by atoms with Crippen molar-refractivity contribution in [1.82, 2.24) is 0 Å². The summed E-state index contributed by atoms with van der Waals surface area (Å²) in [6, 6.07) is 0. The minimum absolute atomic E-state index is 0.238. The second-order valence-electron chi connectivity index (χ2n) is 8.07. The zero-order valence-electron chi connectivity index (χ0n) is 14.2. The summed E-state index contributed by atoms with van der Waals surface area (Å²) in [4.78, 5) is 0. The Hall–Kier alpha value is -0.240. The molecule has 0 amide bonds. The van der Waals surface area contributed by atoms with Gasteiger partial charge in [-0.3, -0.25) is 0 Å². The van der Waals surface area contributed by atoms with Gasteiger partial charge in [-0.2, -0.15) is 0 Å².